The lowest BCUT2D eigenvalue weighted by Gasteiger charge is -2.35. The van der Waals surface area contributed by atoms with Crippen molar-refractivity contribution in [1.29, 1.82) is 5.41 Å². The van der Waals surface area contributed by atoms with E-state index in [1.165, 1.54) is 5.56 Å². The number of aromatic nitrogens is 2. The summed E-state index contributed by atoms with van der Waals surface area (Å²) in [6.07, 6.45) is 3.97. The molecule has 0 unspecified atom stereocenters. The number of piperazine rings is 1. The van der Waals surface area contributed by atoms with Crippen LogP contribution in [0.4, 0.5) is 17.3 Å². The number of hydrogen-bond donors (Lipinski definition) is 3. The van der Waals surface area contributed by atoms with E-state index in [9.17, 15) is 4.79 Å². The molecule has 0 atom stereocenters. The lowest BCUT2D eigenvalue weighted by Crippen LogP contribution is -2.48. The van der Waals surface area contributed by atoms with E-state index in [0.717, 1.165) is 59.2 Å². The third kappa shape index (κ3) is 5.93. The zero-order valence-electron chi connectivity index (χ0n) is 23.5. The fourth-order valence-corrected chi connectivity index (χ4v) is 5.31. The Kier molecular flexibility index (Phi) is 8.28. The highest BCUT2D eigenvalue weighted by Gasteiger charge is 2.25. The number of anilines is 3. The molecule has 5 rings (SSSR count). The van der Waals surface area contributed by atoms with E-state index in [1.54, 1.807) is 6.92 Å². The molecule has 1 amide bonds. The summed E-state index contributed by atoms with van der Waals surface area (Å²) < 4.78 is 6.01. The molecule has 0 radical (unpaired) electrons. The number of fused-ring (bicyclic) bond motifs is 1. The summed E-state index contributed by atoms with van der Waals surface area (Å²) in [6, 6.07) is 16.4. The van der Waals surface area contributed by atoms with E-state index in [0.29, 0.717) is 44.2 Å². The molecule has 0 bridgehead atoms. The number of likely N-dealkylation sites (N-methyl/N-ethyl adjacent to an activating group) is 1. The number of aryl methyl sites for hydroxylation is 1. The topological polar surface area (TPSA) is 106 Å². The summed E-state index contributed by atoms with van der Waals surface area (Å²) >= 11 is 0. The van der Waals surface area contributed by atoms with Crippen molar-refractivity contribution < 1.29 is 9.53 Å². The number of nitrogens with one attached hydrogen (secondary N) is 3. The van der Waals surface area contributed by atoms with Gasteiger partial charge in [0, 0.05) is 81.5 Å². The van der Waals surface area contributed by atoms with E-state index < -0.39 is 0 Å². The molecule has 3 aromatic rings. The molecule has 1 aliphatic heterocycles. The Balaban J connectivity index is 1.42. The van der Waals surface area contributed by atoms with Crippen molar-refractivity contribution in [1.82, 2.24) is 20.2 Å². The van der Waals surface area contributed by atoms with Gasteiger partial charge in [0.05, 0.1) is 18.0 Å². The van der Waals surface area contributed by atoms with Crippen molar-refractivity contribution in [3.63, 3.8) is 0 Å². The van der Waals surface area contributed by atoms with E-state index in [4.69, 9.17) is 15.1 Å². The van der Waals surface area contributed by atoms with Crippen LogP contribution in [0.2, 0.25) is 0 Å². The Morgan fingerprint density at radius 2 is 1.85 bits per heavy atom. The summed E-state index contributed by atoms with van der Waals surface area (Å²) in [4.78, 5) is 25.4. The molecule has 3 N–H and O–H groups in total. The van der Waals surface area contributed by atoms with Gasteiger partial charge in [0.25, 0.3) is 0 Å². The largest absolute Gasteiger partial charge is 0.492 e. The predicted molar refractivity (Wildman–Crippen MR) is 160 cm³/mol. The van der Waals surface area contributed by atoms with Crippen LogP contribution in [0, 0.1) is 5.41 Å². The van der Waals surface area contributed by atoms with Gasteiger partial charge in [-0.2, -0.15) is 0 Å². The number of rotatable bonds is 8. The van der Waals surface area contributed by atoms with Crippen LogP contribution in [0.3, 0.4) is 0 Å². The zero-order valence-corrected chi connectivity index (χ0v) is 23.5. The molecule has 9 heteroatoms. The molecular formula is C31H37N7O2. The molecular weight excluding hydrogens is 502 g/mol. The SMILES string of the molecule is CCOc1cc(N2CCN(C(C)=O)CC2)ccc1Nc1ncc2c(n1)/C(=C(\Cc1ccccc1)NC)C(=N)CC2. The molecule has 0 spiro atoms. The highest BCUT2D eigenvalue weighted by Crippen LogP contribution is 2.34. The van der Waals surface area contributed by atoms with Crippen LogP contribution < -0.4 is 20.3 Å². The minimum atomic E-state index is 0.120. The van der Waals surface area contributed by atoms with Crippen molar-refractivity contribution >= 4 is 34.5 Å². The third-order valence-electron chi connectivity index (χ3n) is 7.48. The summed E-state index contributed by atoms with van der Waals surface area (Å²) in [7, 11) is 1.91. The zero-order chi connectivity index (χ0) is 28.1. The van der Waals surface area contributed by atoms with Crippen LogP contribution in [0.15, 0.2) is 60.4 Å². The molecule has 1 saturated heterocycles. The molecule has 40 heavy (non-hydrogen) atoms. The highest BCUT2D eigenvalue weighted by molar-refractivity contribution is 6.24. The summed E-state index contributed by atoms with van der Waals surface area (Å²) in [6.45, 7) is 7.10. The van der Waals surface area contributed by atoms with E-state index in [2.05, 4.69) is 38.7 Å². The normalized spacial score (nSPS) is 16.3. The maximum Gasteiger partial charge on any atom is 0.227 e. The van der Waals surface area contributed by atoms with Gasteiger partial charge in [0.1, 0.15) is 5.75 Å². The van der Waals surface area contributed by atoms with Gasteiger partial charge >= 0.3 is 0 Å². The summed E-state index contributed by atoms with van der Waals surface area (Å²) in [5.41, 5.74) is 7.27. The second-order valence-electron chi connectivity index (χ2n) is 10.0. The maximum absolute atomic E-state index is 11.7. The van der Waals surface area contributed by atoms with Crippen LogP contribution in [0.1, 0.15) is 37.1 Å². The number of carbonyl (C=O) groups excluding carboxylic acids is 1. The maximum atomic E-state index is 11.7. The first kappa shape index (κ1) is 27.2. The Morgan fingerprint density at radius 1 is 1.07 bits per heavy atom. The molecule has 2 aliphatic rings. The molecule has 1 aliphatic carbocycles. The fraction of sp³-hybridized carbons (Fsp3) is 0.355. The molecule has 2 aromatic carbocycles. The second-order valence-corrected chi connectivity index (χ2v) is 10.0. The van der Waals surface area contributed by atoms with Gasteiger partial charge in [-0.1, -0.05) is 30.3 Å². The van der Waals surface area contributed by atoms with Crippen molar-refractivity contribution in [2.75, 3.05) is 50.1 Å². The highest BCUT2D eigenvalue weighted by atomic mass is 16.5. The quantitative estimate of drug-likeness (QED) is 0.389. The van der Waals surface area contributed by atoms with Crippen LogP contribution in [0.5, 0.6) is 5.75 Å². The molecule has 0 saturated carbocycles. The average Bonchev–Trinajstić information content (AvgIpc) is 2.98. The minimum absolute atomic E-state index is 0.120. The van der Waals surface area contributed by atoms with E-state index in [-0.39, 0.29) is 5.91 Å². The lowest BCUT2D eigenvalue weighted by molar-refractivity contribution is -0.129. The Labute approximate surface area is 235 Å². The van der Waals surface area contributed by atoms with Gasteiger partial charge in [0.15, 0.2) is 0 Å². The van der Waals surface area contributed by atoms with Crippen LogP contribution in [0.25, 0.3) is 5.57 Å². The fourth-order valence-electron chi connectivity index (χ4n) is 5.31. The predicted octanol–water partition coefficient (Wildman–Crippen LogP) is 4.43. The standard InChI is InChI=1S/C31H37N7O2/c1-4-40-28-19-24(38-16-14-37(15-17-38)21(2)39)11-13-26(28)35-31-34-20-23-10-12-25(32)29(30(23)36-31)27(33-3)18-22-8-6-5-7-9-22/h5-9,11,13,19-20,32-33H,4,10,12,14-18H2,1-3H3,(H,34,35,36)/b29-27+,32-25?. The number of nitrogens with zero attached hydrogens (tertiary/aromatic N) is 4. The minimum Gasteiger partial charge on any atom is -0.492 e. The van der Waals surface area contributed by atoms with E-state index >= 15 is 0 Å². The van der Waals surface area contributed by atoms with Gasteiger partial charge in [-0.25, -0.2) is 9.97 Å². The lowest BCUT2D eigenvalue weighted by atomic mass is 9.88. The Bertz CT molecular complexity index is 1410. The second kappa shape index (κ2) is 12.2. The number of hydrogen-bond acceptors (Lipinski definition) is 8. The van der Waals surface area contributed by atoms with Crippen LogP contribution in [-0.4, -0.2) is 66.3 Å². The summed E-state index contributed by atoms with van der Waals surface area (Å²) in [5.74, 6) is 1.30. The Morgan fingerprint density at radius 3 is 2.55 bits per heavy atom. The van der Waals surface area contributed by atoms with Crippen molar-refractivity contribution in [3.05, 3.63) is 77.2 Å². The molecule has 9 nitrogen and oxygen atoms in total. The van der Waals surface area contributed by atoms with E-state index in [1.807, 2.05) is 55.4 Å². The molecule has 208 valence electrons. The number of benzene rings is 2. The van der Waals surface area contributed by atoms with Crippen LogP contribution in [-0.2, 0) is 17.6 Å². The first-order chi connectivity index (χ1) is 19.5. The van der Waals surface area contributed by atoms with Gasteiger partial charge in [-0.3, -0.25) is 4.79 Å². The molecule has 1 aromatic heterocycles. The van der Waals surface area contributed by atoms with Gasteiger partial charge in [-0.15, -0.1) is 0 Å². The number of carbonyl (C=O) groups is 1. The average molecular weight is 540 g/mol. The van der Waals surface area contributed by atoms with Gasteiger partial charge in [-0.05, 0) is 43.0 Å². The first-order valence-electron chi connectivity index (χ1n) is 13.9. The smallest absolute Gasteiger partial charge is 0.227 e. The Hall–Kier alpha value is -4.40. The molecule has 1 fully saturated rings. The number of allylic oxidation sites excluding steroid dienone is 2. The monoisotopic (exact) mass is 539 g/mol. The number of amides is 1. The first-order valence-corrected chi connectivity index (χ1v) is 13.9. The van der Waals surface area contributed by atoms with Crippen LogP contribution >= 0.6 is 0 Å². The number of ether oxygens (including phenoxy) is 1. The van der Waals surface area contributed by atoms with Gasteiger partial charge < -0.3 is 30.6 Å². The van der Waals surface area contributed by atoms with Crippen molar-refractivity contribution in [2.45, 2.75) is 33.1 Å². The van der Waals surface area contributed by atoms with Crippen molar-refractivity contribution in [2.24, 2.45) is 0 Å². The third-order valence-corrected chi connectivity index (χ3v) is 7.48. The van der Waals surface area contributed by atoms with Gasteiger partial charge in [0.2, 0.25) is 11.9 Å². The van der Waals surface area contributed by atoms with Crippen molar-refractivity contribution in [3.8, 4) is 5.75 Å². The molecule has 2 heterocycles. The summed E-state index contributed by atoms with van der Waals surface area (Å²) in [5, 5.41) is 15.5.